The molecule has 1 heterocycles. The van der Waals surface area contributed by atoms with E-state index < -0.39 is 0 Å². The summed E-state index contributed by atoms with van der Waals surface area (Å²) in [4.78, 5) is 29.2. The number of carbonyl (C=O) groups excluding carboxylic acids is 2. The van der Waals surface area contributed by atoms with Gasteiger partial charge in [0.05, 0.1) is 6.10 Å². The Morgan fingerprint density at radius 2 is 1.92 bits per heavy atom. The van der Waals surface area contributed by atoms with Crippen molar-refractivity contribution >= 4 is 23.6 Å². The fourth-order valence-corrected chi connectivity index (χ4v) is 4.50. The van der Waals surface area contributed by atoms with Crippen LogP contribution in [0.15, 0.2) is 24.3 Å². The predicted octanol–water partition coefficient (Wildman–Crippen LogP) is 2.38. The van der Waals surface area contributed by atoms with Crippen molar-refractivity contribution in [3.63, 3.8) is 0 Å². The number of piperazine rings is 1. The molecule has 1 saturated heterocycles. The van der Waals surface area contributed by atoms with Crippen molar-refractivity contribution in [2.45, 2.75) is 44.1 Å². The molecule has 0 aromatic heterocycles. The van der Waals surface area contributed by atoms with Crippen LogP contribution in [0, 0.1) is 5.92 Å². The van der Waals surface area contributed by atoms with Crippen molar-refractivity contribution in [2.24, 2.45) is 5.92 Å². The summed E-state index contributed by atoms with van der Waals surface area (Å²) in [6, 6.07) is 7.83. The molecule has 0 bridgehead atoms. The van der Waals surface area contributed by atoms with Crippen molar-refractivity contribution in [2.75, 3.05) is 25.9 Å². The zero-order chi connectivity index (χ0) is 18.7. The second-order valence-corrected chi connectivity index (χ2v) is 8.29. The Labute approximate surface area is 159 Å². The Morgan fingerprint density at radius 1 is 1.19 bits per heavy atom. The van der Waals surface area contributed by atoms with E-state index in [1.165, 1.54) is 5.56 Å². The van der Waals surface area contributed by atoms with Crippen LogP contribution in [-0.2, 0) is 10.5 Å². The summed E-state index contributed by atoms with van der Waals surface area (Å²) >= 11 is 1.76. The normalized spacial score (nSPS) is 26.2. The molecule has 2 amide bonds. The molecular formula is C20H28N2O3S. The lowest BCUT2D eigenvalue weighted by Gasteiger charge is -2.40. The van der Waals surface area contributed by atoms with Gasteiger partial charge in [-0.3, -0.25) is 9.59 Å². The smallest absolute Gasteiger partial charge is 0.254 e. The lowest BCUT2D eigenvalue weighted by Crippen LogP contribution is -2.56. The topological polar surface area (TPSA) is 60.9 Å². The van der Waals surface area contributed by atoms with E-state index in [1.807, 2.05) is 41.0 Å². The van der Waals surface area contributed by atoms with Crippen LogP contribution in [0.1, 0.15) is 42.1 Å². The van der Waals surface area contributed by atoms with Gasteiger partial charge < -0.3 is 14.9 Å². The molecule has 2 aliphatic rings. The molecule has 1 unspecified atom stereocenters. The lowest BCUT2D eigenvalue weighted by atomic mass is 10.0. The van der Waals surface area contributed by atoms with E-state index in [4.69, 9.17) is 0 Å². The van der Waals surface area contributed by atoms with Gasteiger partial charge >= 0.3 is 0 Å². The number of carbonyl (C=O) groups is 2. The Kier molecular flexibility index (Phi) is 6.24. The molecule has 1 aliphatic carbocycles. The van der Waals surface area contributed by atoms with Gasteiger partial charge in [0.25, 0.3) is 5.91 Å². The molecule has 2 fully saturated rings. The van der Waals surface area contributed by atoms with E-state index in [2.05, 4.69) is 6.26 Å². The number of hydrogen-bond donors (Lipinski definition) is 1. The molecule has 0 spiro atoms. The van der Waals surface area contributed by atoms with Gasteiger partial charge in [0.2, 0.25) is 5.91 Å². The first kappa shape index (κ1) is 19.2. The van der Waals surface area contributed by atoms with Crippen LogP contribution >= 0.6 is 11.8 Å². The summed E-state index contributed by atoms with van der Waals surface area (Å²) in [5, 5.41) is 9.67. The molecule has 1 aliphatic heterocycles. The lowest BCUT2D eigenvalue weighted by molar-refractivity contribution is -0.138. The Morgan fingerprint density at radius 3 is 2.50 bits per heavy atom. The summed E-state index contributed by atoms with van der Waals surface area (Å²) < 4.78 is 0. The van der Waals surface area contributed by atoms with Gasteiger partial charge in [0.1, 0.15) is 0 Å². The third-order valence-corrected chi connectivity index (χ3v) is 6.09. The van der Waals surface area contributed by atoms with E-state index in [0.717, 1.165) is 18.6 Å². The first-order chi connectivity index (χ1) is 12.5. The maximum Gasteiger partial charge on any atom is 0.254 e. The van der Waals surface area contributed by atoms with Crippen molar-refractivity contribution in [3.8, 4) is 0 Å². The van der Waals surface area contributed by atoms with Crippen LogP contribution in [0.3, 0.4) is 0 Å². The molecule has 0 radical (unpaired) electrons. The summed E-state index contributed by atoms with van der Waals surface area (Å²) in [5.41, 5.74) is 1.93. The molecule has 142 valence electrons. The van der Waals surface area contributed by atoms with Crippen LogP contribution in [0.4, 0.5) is 0 Å². The molecule has 5 nitrogen and oxygen atoms in total. The Balaban J connectivity index is 1.59. The van der Waals surface area contributed by atoms with Crippen molar-refractivity contribution in [1.29, 1.82) is 0 Å². The molecular weight excluding hydrogens is 348 g/mol. The number of nitrogens with zero attached hydrogens (tertiary/aromatic N) is 2. The van der Waals surface area contributed by atoms with Gasteiger partial charge in [0, 0.05) is 42.9 Å². The highest BCUT2D eigenvalue weighted by Gasteiger charge is 2.35. The maximum absolute atomic E-state index is 12.8. The van der Waals surface area contributed by atoms with Gasteiger partial charge in [-0.15, -0.1) is 0 Å². The average molecular weight is 377 g/mol. The highest BCUT2D eigenvalue weighted by Crippen LogP contribution is 2.28. The van der Waals surface area contributed by atoms with Crippen LogP contribution < -0.4 is 0 Å². The predicted molar refractivity (Wildman–Crippen MR) is 104 cm³/mol. The Bertz CT molecular complexity index is 649. The number of rotatable bonds is 4. The zero-order valence-electron chi connectivity index (χ0n) is 15.6. The van der Waals surface area contributed by atoms with Crippen LogP contribution in [0.5, 0.6) is 0 Å². The third kappa shape index (κ3) is 4.23. The first-order valence-electron chi connectivity index (χ1n) is 9.35. The minimum absolute atomic E-state index is 0.00241. The van der Waals surface area contributed by atoms with Crippen LogP contribution in [0.2, 0.25) is 0 Å². The monoisotopic (exact) mass is 376 g/mol. The molecule has 1 N–H and O–H groups in total. The highest BCUT2D eigenvalue weighted by atomic mass is 32.2. The molecule has 3 atom stereocenters. The molecule has 1 saturated carbocycles. The van der Waals surface area contributed by atoms with E-state index in [0.29, 0.717) is 31.6 Å². The minimum Gasteiger partial charge on any atom is -0.393 e. The molecule has 6 heteroatoms. The third-order valence-electron chi connectivity index (χ3n) is 5.47. The largest absolute Gasteiger partial charge is 0.393 e. The number of amides is 2. The molecule has 1 aromatic rings. The quantitative estimate of drug-likeness (QED) is 0.876. The fourth-order valence-electron chi connectivity index (χ4n) is 3.98. The summed E-state index contributed by atoms with van der Waals surface area (Å²) in [6.07, 6.45) is 3.80. The summed E-state index contributed by atoms with van der Waals surface area (Å²) in [7, 11) is 0. The van der Waals surface area contributed by atoms with Crippen molar-refractivity contribution in [1.82, 2.24) is 9.80 Å². The van der Waals surface area contributed by atoms with E-state index in [1.54, 1.807) is 11.8 Å². The highest BCUT2D eigenvalue weighted by molar-refractivity contribution is 7.97. The number of thioether (sulfide) groups is 1. The maximum atomic E-state index is 12.8. The fraction of sp³-hybridized carbons (Fsp3) is 0.600. The second kappa shape index (κ2) is 8.44. The van der Waals surface area contributed by atoms with Gasteiger partial charge in [-0.25, -0.2) is 0 Å². The second-order valence-electron chi connectivity index (χ2n) is 7.43. The number of hydrogen-bond acceptors (Lipinski definition) is 4. The molecule has 1 aromatic carbocycles. The van der Waals surface area contributed by atoms with E-state index in [-0.39, 0.29) is 29.9 Å². The van der Waals surface area contributed by atoms with Gasteiger partial charge in [-0.2, -0.15) is 11.8 Å². The van der Waals surface area contributed by atoms with Gasteiger partial charge in [-0.1, -0.05) is 12.1 Å². The Hall–Kier alpha value is -1.53. The van der Waals surface area contributed by atoms with Crippen molar-refractivity contribution < 1.29 is 14.7 Å². The van der Waals surface area contributed by atoms with E-state index >= 15 is 0 Å². The average Bonchev–Trinajstić information content (AvgIpc) is 3.08. The van der Waals surface area contributed by atoms with Gasteiger partial charge in [0.15, 0.2) is 0 Å². The van der Waals surface area contributed by atoms with Gasteiger partial charge in [-0.05, 0) is 50.1 Å². The number of aliphatic hydroxyl groups excluding tert-OH is 1. The number of aliphatic hydroxyl groups is 1. The zero-order valence-corrected chi connectivity index (χ0v) is 16.4. The summed E-state index contributed by atoms with van der Waals surface area (Å²) in [6.45, 7) is 3.71. The molecule has 26 heavy (non-hydrogen) atoms. The summed E-state index contributed by atoms with van der Waals surface area (Å²) in [5.74, 6) is 1.07. The van der Waals surface area contributed by atoms with Crippen LogP contribution in [0.25, 0.3) is 0 Å². The van der Waals surface area contributed by atoms with Crippen LogP contribution in [-0.4, -0.2) is 64.8 Å². The van der Waals surface area contributed by atoms with E-state index in [9.17, 15) is 14.7 Å². The SMILES string of the molecule is CSCc1ccc(C(=O)N2CCN(C(=O)[C@@H]3CC[C@@H](O)C3)CC2C)cc1. The first-order valence-corrected chi connectivity index (χ1v) is 10.7. The standard InChI is InChI=1S/C20H28N2O3S/c1-14-12-21(19(24)17-7-8-18(23)11-17)9-10-22(14)20(25)16-5-3-15(4-6-16)13-26-2/h3-6,14,17-18,23H,7-13H2,1-2H3/t14?,17-,18-/m1/s1. The molecule has 3 rings (SSSR count). The number of benzene rings is 1. The van der Waals surface area contributed by atoms with Crippen molar-refractivity contribution in [3.05, 3.63) is 35.4 Å². The minimum atomic E-state index is -0.335.